The summed E-state index contributed by atoms with van der Waals surface area (Å²) in [6, 6.07) is 0. The normalized spacial score (nSPS) is 21.4. The van der Waals surface area contributed by atoms with Crippen LogP contribution in [0.25, 0.3) is 0 Å². The van der Waals surface area contributed by atoms with Crippen molar-refractivity contribution in [3.63, 3.8) is 0 Å². The minimum Gasteiger partial charge on any atom is -0.369 e. The molecule has 6 nitrogen and oxygen atoms in total. The number of carbonyl (C=O) groups is 1. The number of aromatic nitrogens is 2. The van der Waals surface area contributed by atoms with Crippen LogP contribution >= 0.6 is 0 Å². The lowest BCUT2D eigenvalue weighted by molar-refractivity contribution is -0.122. The van der Waals surface area contributed by atoms with Gasteiger partial charge in [0.25, 0.3) is 0 Å². The van der Waals surface area contributed by atoms with Gasteiger partial charge in [-0.1, -0.05) is 0 Å². The van der Waals surface area contributed by atoms with Crippen LogP contribution in [0.15, 0.2) is 12.4 Å². The van der Waals surface area contributed by atoms with Crippen molar-refractivity contribution in [1.82, 2.24) is 15.3 Å². The third-order valence-electron chi connectivity index (χ3n) is 4.62. The molecule has 3 heterocycles. The molecule has 0 aliphatic carbocycles. The topological polar surface area (TPSA) is 84.1 Å². The number of amides is 1. The smallest absolute Gasteiger partial charge is 0.220 e. The first-order valence-corrected chi connectivity index (χ1v) is 7.81. The van der Waals surface area contributed by atoms with Crippen LogP contribution in [0.1, 0.15) is 37.3 Å². The van der Waals surface area contributed by atoms with E-state index < -0.39 is 0 Å². The van der Waals surface area contributed by atoms with Gasteiger partial charge in [-0.05, 0) is 38.8 Å². The van der Waals surface area contributed by atoms with E-state index in [1.807, 2.05) is 12.4 Å². The van der Waals surface area contributed by atoms with Gasteiger partial charge in [0.2, 0.25) is 5.91 Å². The Bertz CT molecular complexity index is 493. The maximum atomic E-state index is 11.2. The number of hydrogen-bond acceptors (Lipinski definition) is 5. The second kappa shape index (κ2) is 6.39. The Balaban J connectivity index is 1.67. The fourth-order valence-corrected chi connectivity index (χ4v) is 3.23. The summed E-state index contributed by atoms with van der Waals surface area (Å²) in [4.78, 5) is 22.6. The lowest BCUT2D eigenvalue weighted by atomic mass is 9.95. The lowest BCUT2D eigenvalue weighted by Crippen LogP contribution is -2.39. The van der Waals surface area contributed by atoms with E-state index in [4.69, 9.17) is 10.7 Å². The molecule has 1 amide bonds. The Morgan fingerprint density at radius 1 is 1.19 bits per heavy atom. The number of nitrogens with two attached hydrogens (primary N) is 1. The van der Waals surface area contributed by atoms with Gasteiger partial charge in [0.05, 0.1) is 11.9 Å². The second-order valence-corrected chi connectivity index (χ2v) is 5.99. The summed E-state index contributed by atoms with van der Waals surface area (Å²) >= 11 is 0. The number of piperidine rings is 2. The predicted octanol–water partition coefficient (Wildman–Crippen LogP) is 0.645. The number of hydrogen-bond donors (Lipinski definition) is 2. The summed E-state index contributed by atoms with van der Waals surface area (Å²) < 4.78 is 0. The highest BCUT2D eigenvalue weighted by Gasteiger charge is 2.25. The Morgan fingerprint density at radius 2 is 1.90 bits per heavy atom. The molecule has 0 bridgehead atoms. The van der Waals surface area contributed by atoms with Crippen LogP contribution in [0.5, 0.6) is 0 Å². The molecule has 0 radical (unpaired) electrons. The highest BCUT2D eigenvalue weighted by atomic mass is 16.1. The van der Waals surface area contributed by atoms with E-state index in [0.717, 1.165) is 63.4 Å². The molecule has 2 aliphatic rings. The van der Waals surface area contributed by atoms with Gasteiger partial charge in [-0.25, -0.2) is 4.98 Å². The van der Waals surface area contributed by atoms with E-state index >= 15 is 0 Å². The summed E-state index contributed by atoms with van der Waals surface area (Å²) in [6.45, 7) is 3.77. The fraction of sp³-hybridized carbons (Fsp3) is 0.667. The van der Waals surface area contributed by atoms with Crippen LogP contribution in [-0.4, -0.2) is 42.1 Å². The maximum absolute atomic E-state index is 11.2. The molecule has 0 unspecified atom stereocenters. The monoisotopic (exact) mass is 289 g/mol. The van der Waals surface area contributed by atoms with Crippen molar-refractivity contribution < 1.29 is 4.79 Å². The molecule has 1 aromatic heterocycles. The third kappa shape index (κ3) is 3.32. The number of carbonyl (C=O) groups excluding carboxylic acids is 1. The number of nitrogens with zero attached hydrogens (tertiary/aromatic N) is 3. The summed E-state index contributed by atoms with van der Waals surface area (Å²) in [6.07, 6.45) is 7.61. The van der Waals surface area contributed by atoms with E-state index in [1.165, 1.54) is 0 Å². The van der Waals surface area contributed by atoms with E-state index in [2.05, 4.69) is 15.2 Å². The van der Waals surface area contributed by atoms with E-state index in [0.29, 0.717) is 5.92 Å². The predicted molar refractivity (Wildman–Crippen MR) is 81.0 cm³/mol. The maximum Gasteiger partial charge on any atom is 0.220 e. The number of anilines is 1. The van der Waals surface area contributed by atoms with Gasteiger partial charge in [-0.15, -0.1) is 0 Å². The zero-order valence-corrected chi connectivity index (χ0v) is 12.3. The standard InChI is InChI=1S/C15H23N5O/c16-15(21)12-3-7-20(8-4-12)14-10-18-9-13(19-14)11-1-5-17-6-2-11/h9-12,17H,1-8H2,(H2,16,21). The summed E-state index contributed by atoms with van der Waals surface area (Å²) in [5.74, 6) is 1.29. The first-order chi connectivity index (χ1) is 10.2. The van der Waals surface area contributed by atoms with E-state index in [1.54, 1.807) is 0 Å². The highest BCUT2D eigenvalue weighted by Crippen LogP contribution is 2.26. The molecule has 21 heavy (non-hydrogen) atoms. The molecule has 3 N–H and O–H groups in total. The van der Waals surface area contributed by atoms with Gasteiger partial charge in [-0.3, -0.25) is 9.78 Å². The zero-order valence-electron chi connectivity index (χ0n) is 12.3. The molecule has 0 aromatic carbocycles. The summed E-state index contributed by atoms with van der Waals surface area (Å²) in [5.41, 5.74) is 6.48. The zero-order chi connectivity index (χ0) is 14.7. The quantitative estimate of drug-likeness (QED) is 0.853. The second-order valence-electron chi connectivity index (χ2n) is 5.99. The largest absolute Gasteiger partial charge is 0.369 e. The number of primary amides is 1. The molecular formula is C15H23N5O. The van der Waals surface area contributed by atoms with Gasteiger partial charge in [0, 0.05) is 31.1 Å². The van der Waals surface area contributed by atoms with Crippen LogP contribution in [0.4, 0.5) is 5.82 Å². The molecule has 2 saturated heterocycles. The van der Waals surface area contributed by atoms with Crippen LogP contribution in [0.3, 0.4) is 0 Å². The molecule has 0 saturated carbocycles. The Hall–Kier alpha value is -1.69. The molecule has 0 atom stereocenters. The van der Waals surface area contributed by atoms with Gasteiger partial charge >= 0.3 is 0 Å². The Labute approximate surface area is 125 Å². The lowest BCUT2D eigenvalue weighted by Gasteiger charge is -2.31. The van der Waals surface area contributed by atoms with Crippen molar-refractivity contribution in [2.24, 2.45) is 11.7 Å². The van der Waals surface area contributed by atoms with Gasteiger partial charge in [0.1, 0.15) is 5.82 Å². The van der Waals surface area contributed by atoms with Crippen LogP contribution in [0.2, 0.25) is 0 Å². The highest BCUT2D eigenvalue weighted by molar-refractivity contribution is 5.76. The van der Waals surface area contributed by atoms with Crippen molar-refractivity contribution in [1.29, 1.82) is 0 Å². The molecule has 114 valence electrons. The molecule has 1 aromatic rings. The minimum absolute atomic E-state index is 0.0156. The van der Waals surface area contributed by atoms with Crippen LogP contribution in [-0.2, 0) is 4.79 Å². The van der Waals surface area contributed by atoms with E-state index in [9.17, 15) is 4.79 Å². The van der Waals surface area contributed by atoms with Crippen molar-refractivity contribution in [3.8, 4) is 0 Å². The van der Waals surface area contributed by atoms with Gasteiger partial charge < -0.3 is 16.0 Å². The summed E-state index contributed by atoms with van der Waals surface area (Å²) in [7, 11) is 0. The number of rotatable bonds is 3. The molecule has 3 rings (SSSR count). The van der Waals surface area contributed by atoms with Crippen molar-refractivity contribution in [2.45, 2.75) is 31.6 Å². The molecule has 2 aliphatic heterocycles. The van der Waals surface area contributed by atoms with Gasteiger partial charge in [0.15, 0.2) is 0 Å². The minimum atomic E-state index is -0.177. The SMILES string of the molecule is NC(=O)C1CCN(c2cncc(C3CCNCC3)n2)CC1. The number of nitrogens with one attached hydrogen (secondary N) is 1. The van der Waals surface area contributed by atoms with Gasteiger partial charge in [-0.2, -0.15) is 0 Å². The average molecular weight is 289 g/mol. The van der Waals surface area contributed by atoms with Crippen molar-refractivity contribution in [2.75, 3.05) is 31.1 Å². The molecule has 2 fully saturated rings. The average Bonchev–Trinajstić information content (AvgIpc) is 2.56. The van der Waals surface area contributed by atoms with Crippen molar-refractivity contribution >= 4 is 11.7 Å². The molecular weight excluding hydrogens is 266 g/mol. The third-order valence-corrected chi connectivity index (χ3v) is 4.62. The van der Waals surface area contributed by atoms with E-state index in [-0.39, 0.29) is 11.8 Å². The fourth-order valence-electron chi connectivity index (χ4n) is 3.23. The Kier molecular flexibility index (Phi) is 4.34. The molecule has 6 heteroatoms. The van der Waals surface area contributed by atoms with Crippen LogP contribution < -0.4 is 16.0 Å². The first kappa shape index (κ1) is 14.3. The van der Waals surface area contributed by atoms with Crippen LogP contribution in [0, 0.1) is 5.92 Å². The molecule has 0 spiro atoms. The van der Waals surface area contributed by atoms with Crippen molar-refractivity contribution in [3.05, 3.63) is 18.1 Å². The Morgan fingerprint density at radius 3 is 2.57 bits per heavy atom. The first-order valence-electron chi connectivity index (χ1n) is 7.81. The summed E-state index contributed by atoms with van der Waals surface area (Å²) in [5, 5.41) is 3.38.